The highest BCUT2D eigenvalue weighted by molar-refractivity contribution is 8.22. The quantitative estimate of drug-likeness (QED) is 0.321. The van der Waals surface area contributed by atoms with Gasteiger partial charge >= 0.3 is 0 Å². The van der Waals surface area contributed by atoms with E-state index in [1.165, 1.54) is 0 Å². The number of nitrogens with one attached hydrogen (secondary N) is 2. The van der Waals surface area contributed by atoms with E-state index in [9.17, 15) is 8.42 Å². The van der Waals surface area contributed by atoms with Gasteiger partial charge in [-0.2, -0.15) is 0 Å². The van der Waals surface area contributed by atoms with Gasteiger partial charge in [0.2, 0.25) is 10.0 Å². The maximum absolute atomic E-state index is 12.2. The second kappa shape index (κ2) is 11.6. The van der Waals surface area contributed by atoms with Gasteiger partial charge in [0.25, 0.3) is 0 Å². The molecule has 0 unspecified atom stereocenters. The van der Waals surface area contributed by atoms with E-state index in [1.54, 1.807) is 47.9 Å². The van der Waals surface area contributed by atoms with Crippen molar-refractivity contribution >= 4 is 46.0 Å². The lowest BCUT2D eigenvalue weighted by Gasteiger charge is -2.10. The molecule has 0 aliphatic carbocycles. The van der Waals surface area contributed by atoms with Crippen molar-refractivity contribution in [2.24, 2.45) is 4.99 Å². The maximum Gasteiger partial charge on any atom is 0.240 e. The predicted octanol–water partition coefficient (Wildman–Crippen LogP) is 4.12. The van der Waals surface area contributed by atoms with Crippen molar-refractivity contribution in [1.82, 2.24) is 4.72 Å². The van der Waals surface area contributed by atoms with Crippen LogP contribution < -0.4 is 10.0 Å². The molecular formula is C16H25N3O2S3. The fraction of sp³-hybridized carbons (Fsp3) is 0.438. The minimum atomic E-state index is -3.45. The van der Waals surface area contributed by atoms with E-state index in [4.69, 9.17) is 0 Å². The Bertz CT molecular complexity index is 646. The molecule has 2 N–H and O–H groups in total. The number of sulfonamides is 1. The van der Waals surface area contributed by atoms with Crippen LogP contribution in [0.25, 0.3) is 0 Å². The fourth-order valence-corrected chi connectivity index (χ4v) is 4.71. The van der Waals surface area contributed by atoms with Crippen LogP contribution in [-0.4, -0.2) is 33.3 Å². The predicted molar refractivity (Wildman–Crippen MR) is 108 cm³/mol. The van der Waals surface area contributed by atoms with Crippen LogP contribution in [0.3, 0.4) is 0 Å². The topological polar surface area (TPSA) is 70.6 Å². The van der Waals surface area contributed by atoms with Crippen molar-refractivity contribution in [3.8, 4) is 0 Å². The molecule has 0 aliphatic heterocycles. The minimum Gasteiger partial charge on any atom is -0.376 e. The molecule has 0 saturated carbocycles. The van der Waals surface area contributed by atoms with Crippen LogP contribution in [0.5, 0.6) is 0 Å². The Morgan fingerprint density at radius 3 is 2.79 bits per heavy atom. The lowest BCUT2D eigenvalue weighted by Crippen LogP contribution is -2.24. The van der Waals surface area contributed by atoms with Crippen LogP contribution in [0, 0.1) is 0 Å². The normalized spacial score (nSPS) is 12.2. The van der Waals surface area contributed by atoms with Gasteiger partial charge in [-0.25, -0.2) is 13.1 Å². The lowest BCUT2D eigenvalue weighted by atomic mass is 10.3. The largest absolute Gasteiger partial charge is 0.376 e. The van der Waals surface area contributed by atoms with Crippen LogP contribution in [0.15, 0.2) is 44.6 Å². The van der Waals surface area contributed by atoms with Crippen LogP contribution in [0.1, 0.15) is 26.7 Å². The minimum absolute atomic E-state index is 0.278. The van der Waals surface area contributed by atoms with Crippen molar-refractivity contribution in [3.63, 3.8) is 0 Å². The molecule has 1 aromatic rings. The van der Waals surface area contributed by atoms with Gasteiger partial charge in [-0.1, -0.05) is 38.1 Å². The summed E-state index contributed by atoms with van der Waals surface area (Å²) in [5, 5.41) is 3.23. The van der Waals surface area contributed by atoms with Crippen LogP contribution >= 0.6 is 23.5 Å². The number of hydrogen-bond acceptors (Lipinski definition) is 6. The first-order chi connectivity index (χ1) is 11.5. The van der Waals surface area contributed by atoms with E-state index in [0.29, 0.717) is 12.4 Å². The molecule has 0 radical (unpaired) electrons. The summed E-state index contributed by atoms with van der Waals surface area (Å²) in [6.45, 7) is 8.04. The summed E-state index contributed by atoms with van der Waals surface area (Å²) >= 11 is 3.31. The zero-order chi connectivity index (χ0) is 17.8. The third kappa shape index (κ3) is 7.74. The van der Waals surface area contributed by atoms with Gasteiger partial charge in [0.05, 0.1) is 15.0 Å². The van der Waals surface area contributed by atoms with E-state index < -0.39 is 10.0 Å². The van der Waals surface area contributed by atoms with Gasteiger partial charge < -0.3 is 5.32 Å². The molecule has 1 rings (SSSR count). The molecule has 0 saturated heterocycles. The molecule has 0 spiro atoms. The molecule has 0 aliphatic rings. The number of thioether (sulfide) groups is 2. The Labute approximate surface area is 153 Å². The third-order valence-electron chi connectivity index (χ3n) is 2.94. The highest BCUT2D eigenvalue weighted by Crippen LogP contribution is 2.28. The average Bonchev–Trinajstić information content (AvgIpc) is 2.56. The van der Waals surface area contributed by atoms with Crippen LogP contribution in [-0.2, 0) is 10.0 Å². The fourth-order valence-electron chi connectivity index (χ4n) is 1.76. The molecule has 0 heterocycles. The number of benzene rings is 1. The van der Waals surface area contributed by atoms with E-state index in [0.717, 1.165) is 28.5 Å². The first kappa shape index (κ1) is 21.1. The molecule has 24 heavy (non-hydrogen) atoms. The Balaban J connectivity index is 2.65. The van der Waals surface area contributed by atoms with E-state index in [-0.39, 0.29) is 4.90 Å². The summed E-state index contributed by atoms with van der Waals surface area (Å²) in [6.07, 6.45) is 3.51. The molecule has 0 bridgehead atoms. The van der Waals surface area contributed by atoms with Crippen molar-refractivity contribution < 1.29 is 8.42 Å². The number of rotatable bonds is 12. The molecule has 134 valence electrons. The Morgan fingerprint density at radius 2 is 2.12 bits per heavy atom. The monoisotopic (exact) mass is 387 g/mol. The average molecular weight is 388 g/mol. The van der Waals surface area contributed by atoms with Crippen molar-refractivity contribution in [2.75, 3.05) is 23.5 Å². The first-order valence-corrected chi connectivity index (χ1v) is 11.2. The number of hydrogen-bond donors (Lipinski definition) is 2. The molecule has 0 aromatic heterocycles. The summed E-state index contributed by atoms with van der Waals surface area (Å²) in [5.41, 5.74) is 0.772. The zero-order valence-corrected chi connectivity index (χ0v) is 16.6. The smallest absolute Gasteiger partial charge is 0.240 e. The number of anilines is 1. The second-order valence-corrected chi connectivity index (χ2v) is 9.16. The molecule has 5 nitrogen and oxygen atoms in total. The van der Waals surface area contributed by atoms with Gasteiger partial charge in [-0.3, -0.25) is 4.99 Å². The van der Waals surface area contributed by atoms with E-state index in [2.05, 4.69) is 28.7 Å². The molecule has 8 heteroatoms. The number of unbranched alkanes of at least 4 members (excludes halogenated alkanes) is 1. The highest BCUT2D eigenvalue weighted by atomic mass is 32.2. The maximum atomic E-state index is 12.2. The summed E-state index contributed by atoms with van der Waals surface area (Å²) in [5.74, 6) is 1.59. The molecule has 0 amide bonds. The van der Waals surface area contributed by atoms with Crippen LogP contribution in [0.2, 0.25) is 0 Å². The van der Waals surface area contributed by atoms with Gasteiger partial charge in [0.1, 0.15) is 0 Å². The van der Waals surface area contributed by atoms with Crippen molar-refractivity contribution in [3.05, 3.63) is 34.7 Å². The number of aliphatic imine (C=N–C) groups is 1. The summed E-state index contributed by atoms with van der Waals surface area (Å²) in [4.78, 5) is 4.07. The molecule has 0 fully saturated rings. The molecule has 1 aromatic carbocycles. The van der Waals surface area contributed by atoms with Crippen LogP contribution in [0.4, 0.5) is 5.69 Å². The first-order valence-electron chi connectivity index (χ1n) is 7.78. The van der Waals surface area contributed by atoms with Gasteiger partial charge in [0.15, 0.2) is 0 Å². The summed E-state index contributed by atoms with van der Waals surface area (Å²) in [7, 11) is -3.45. The standard InChI is InChI=1S/C16H25N3O2S3/c1-4-6-10-19-24(20,21)15-9-7-8-14(11-15)18-13-23-16(12-17-3)22-5-2/h7-9,11-12,18-19H,3-6,10,13H2,1-2H3/b16-12-. The zero-order valence-electron chi connectivity index (χ0n) is 14.1. The van der Waals surface area contributed by atoms with Crippen molar-refractivity contribution in [1.29, 1.82) is 0 Å². The molecular weight excluding hydrogens is 362 g/mol. The Hall–Kier alpha value is -0.960. The second-order valence-electron chi connectivity index (χ2n) is 4.81. The Kier molecular flexibility index (Phi) is 10.2. The summed E-state index contributed by atoms with van der Waals surface area (Å²) < 4.78 is 28.2. The lowest BCUT2D eigenvalue weighted by molar-refractivity contribution is 0.578. The van der Waals surface area contributed by atoms with Gasteiger partial charge in [-0.15, -0.1) is 11.8 Å². The van der Waals surface area contributed by atoms with E-state index >= 15 is 0 Å². The number of nitrogens with zero attached hydrogens (tertiary/aromatic N) is 1. The molecule has 0 atom stereocenters. The SMILES string of the molecule is C=N/C=C(/SCC)SCNc1cccc(S(=O)(=O)NCCCC)c1. The van der Waals surface area contributed by atoms with Gasteiger partial charge in [-0.05, 0) is 37.1 Å². The highest BCUT2D eigenvalue weighted by Gasteiger charge is 2.13. The van der Waals surface area contributed by atoms with Gasteiger partial charge in [0, 0.05) is 18.4 Å². The summed E-state index contributed by atoms with van der Waals surface area (Å²) in [6, 6.07) is 6.85. The van der Waals surface area contributed by atoms with E-state index in [1.807, 2.05) is 13.0 Å². The Morgan fingerprint density at radius 1 is 1.33 bits per heavy atom. The van der Waals surface area contributed by atoms with Crippen molar-refractivity contribution in [2.45, 2.75) is 31.6 Å². The third-order valence-corrected chi connectivity index (χ3v) is 6.46.